The number of para-hydroxylation sites is 1. The van der Waals surface area contributed by atoms with Crippen molar-refractivity contribution in [3.8, 4) is 5.75 Å². The zero-order valence-electron chi connectivity index (χ0n) is 10.1. The Morgan fingerprint density at radius 3 is 2.89 bits per heavy atom. The number of hydrogen-bond acceptors (Lipinski definition) is 4. The van der Waals surface area contributed by atoms with E-state index in [1.54, 1.807) is 29.5 Å². The van der Waals surface area contributed by atoms with Crippen LogP contribution >= 0.6 is 11.3 Å². The lowest BCUT2D eigenvalue weighted by atomic mass is 10.3. The Balaban J connectivity index is 1.87. The van der Waals surface area contributed by atoms with Crippen molar-refractivity contribution >= 4 is 11.3 Å². The fourth-order valence-electron chi connectivity index (χ4n) is 1.46. The van der Waals surface area contributed by atoms with Crippen LogP contribution in [-0.4, -0.2) is 11.6 Å². The summed E-state index contributed by atoms with van der Waals surface area (Å²) in [4.78, 5) is 4.38. The summed E-state index contributed by atoms with van der Waals surface area (Å²) in [7, 11) is 0. The maximum atomic E-state index is 13.3. The van der Waals surface area contributed by atoms with Crippen LogP contribution in [0.4, 0.5) is 4.39 Å². The van der Waals surface area contributed by atoms with E-state index in [0.717, 1.165) is 10.7 Å². The Morgan fingerprint density at radius 1 is 1.44 bits per heavy atom. The minimum absolute atomic E-state index is 0.0533. The van der Waals surface area contributed by atoms with Gasteiger partial charge in [0.05, 0.1) is 17.3 Å². The molecule has 0 spiro atoms. The molecule has 0 saturated heterocycles. The fraction of sp³-hybridized carbons (Fsp3) is 0.308. The van der Waals surface area contributed by atoms with Gasteiger partial charge >= 0.3 is 0 Å². The van der Waals surface area contributed by atoms with Crippen LogP contribution in [0.1, 0.15) is 23.7 Å². The molecule has 1 unspecified atom stereocenters. The molecule has 0 amide bonds. The van der Waals surface area contributed by atoms with Crippen molar-refractivity contribution in [1.29, 1.82) is 0 Å². The monoisotopic (exact) mass is 266 g/mol. The van der Waals surface area contributed by atoms with E-state index in [4.69, 9.17) is 10.5 Å². The summed E-state index contributed by atoms with van der Waals surface area (Å²) >= 11 is 1.55. The van der Waals surface area contributed by atoms with Crippen molar-refractivity contribution in [3.63, 3.8) is 0 Å². The van der Waals surface area contributed by atoms with Crippen molar-refractivity contribution in [2.45, 2.75) is 19.4 Å². The van der Waals surface area contributed by atoms with Crippen LogP contribution in [0.2, 0.25) is 0 Å². The van der Waals surface area contributed by atoms with Crippen LogP contribution in [0.3, 0.4) is 0 Å². The number of aromatic nitrogens is 1. The Bertz CT molecular complexity index is 513. The average molecular weight is 266 g/mol. The molecule has 0 fully saturated rings. The van der Waals surface area contributed by atoms with Gasteiger partial charge in [0.1, 0.15) is 0 Å². The molecule has 1 aromatic heterocycles. The van der Waals surface area contributed by atoms with Crippen molar-refractivity contribution in [1.82, 2.24) is 4.98 Å². The summed E-state index contributed by atoms with van der Waals surface area (Å²) in [5.41, 5.74) is 6.62. The maximum Gasteiger partial charge on any atom is 0.165 e. The summed E-state index contributed by atoms with van der Waals surface area (Å²) < 4.78 is 18.6. The van der Waals surface area contributed by atoms with Gasteiger partial charge in [-0.15, -0.1) is 11.3 Å². The standard InChI is InChI=1S/C13H15FN2OS/c1-9(15)11-8-18-13(16-11)6-7-17-12-5-3-2-4-10(12)14/h2-5,8-9H,6-7,15H2,1H3. The van der Waals surface area contributed by atoms with E-state index >= 15 is 0 Å². The molecule has 18 heavy (non-hydrogen) atoms. The molecule has 0 aliphatic rings. The molecular weight excluding hydrogens is 251 g/mol. The van der Waals surface area contributed by atoms with E-state index in [9.17, 15) is 4.39 Å². The number of hydrogen-bond donors (Lipinski definition) is 1. The lowest BCUT2D eigenvalue weighted by Crippen LogP contribution is -2.06. The molecule has 3 nitrogen and oxygen atoms in total. The van der Waals surface area contributed by atoms with Crippen molar-refractivity contribution < 1.29 is 9.13 Å². The zero-order valence-corrected chi connectivity index (χ0v) is 10.9. The molecule has 1 aromatic carbocycles. The maximum absolute atomic E-state index is 13.3. The first kappa shape index (κ1) is 13.0. The minimum Gasteiger partial charge on any atom is -0.490 e. The number of ether oxygens (including phenoxy) is 1. The number of halogens is 1. The SMILES string of the molecule is CC(N)c1csc(CCOc2ccccc2F)n1. The Kier molecular flexibility index (Phi) is 4.28. The van der Waals surface area contributed by atoms with Gasteiger partial charge in [-0.1, -0.05) is 12.1 Å². The summed E-state index contributed by atoms with van der Waals surface area (Å²) in [5, 5.41) is 2.90. The van der Waals surface area contributed by atoms with Crippen LogP contribution in [-0.2, 0) is 6.42 Å². The smallest absolute Gasteiger partial charge is 0.165 e. The molecule has 1 heterocycles. The predicted octanol–water partition coefficient (Wildman–Crippen LogP) is 2.92. The molecule has 0 aliphatic heterocycles. The molecule has 2 aromatic rings. The molecular formula is C13H15FN2OS. The summed E-state index contributed by atoms with van der Waals surface area (Å²) in [5.74, 6) is -0.0608. The van der Waals surface area contributed by atoms with E-state index in [2.05, 4.69) is 4.98 Å². The number of benzene rings is 1. The van der Waals surface area contributed by atoms with Gasteiger partial charge in [-0.05, 0) is 19.1 Å². The van der Waals surface area contributed by atoms with E-state index in [1.165, 1.54) is 6.07 Å². The normalized spacial score (nSPS) is 12.4. The highest BCUT2D eigenvalue weighted by atomic mass is 32.1. The molecule has 2 rings (SSSR count). The Morgan fingerprint density at radius 2 is 2.22 bits per heavy atom. The highest BCUT2D eigenvalue weighted by molar-refractivity contribution is 7.09. The van der Waals surface area contributed by atoms with Crippen molar-refractivity contribution in [2.24, 2.45) is 5.73 Å². The van der Waals surface area contributed by atoms with Gasteiger partial charge in [0.15, 0.2) is 11.6 Å². The van der Waals surface area contributed by atoms with Gasteiger partial charge < -0.3 is 10.5 Å². The quantitative estimate of drug-likeness (QED) is 0.905. The molecule has 1 atom stereocenters. The number of thiazole rings is 1. The molecule has 0 bridgehead atoms. The average Bonchev–Trinajstić information content (AvgIpc) is 2.80. The molecule has 96 valence electrons. The van der Waals surface area contributed by atoms with Gasteiger partial charge in [-0.3, -0.25) is 0 Å². The van der Waals surface area contributed by atoms with Crippen molar-refractivity contribution in [2.75, 3.05) is 6.61 Å². The van der Waals surface area contributed by atoms with Gasteiger partial charge in [-0.2, -0.15) is 0 Å². The van der Waals surface area contributed by atoms with E-state index in [0.29, 0.717) is 13.0 Å². The minimum atomic E-state index is -0.340. The lowest BCUT2D eigenvalue weighted by molar-refractivity contribution is 0.305. The molecule has 5 heteroatoms. The van der Waals surface area contributed by atoms with Crippen molar-refractivity contribution in [3.05, 3.63) is 46.2 Å². The molecule has 0 aliphatic carbocycles. The highest BCUT2D eigenvalue weighted by Gasteiger charge is 2.06. The van der Waals surface area contributed by atoms with Crippen LogP contribution in [0.5, 0.6) is 5.75 Å². The van der Waals surface area contributed by atoms with E-state index in [-0.39, 0.29) is 17.6 Å². The van der Waals surface area contributed by atoms with E-state index < -0.39 is 0 Å². The number of rotatable bonds is 5. The lowest BCUT2D eigenvalue weighted by Gasteiger charge is -2.05. The summed E-state index contributed by atoms with van der Waals surface area (Å²) in [6.07, 6.45) is 0.658. The van der Waals surface area contributed by atoms with Gasteiger partial charge in [0.25, 0.3) is 0 Å². The zero-order chi connectivity index (χ0) is 13.0. The van der Waals surface area contributed by atoms with E-state index in [1.807, 2.05) is 12.3 Å². The van der Waals surface area contributed by atoms with Crippen LogP contribution in [0.25, 0.3) is 0 Å². The van der Waals surface area contributed by atoms with Crippen LogP contribution in [0, 0.1) is 5.82 Å². The highest BCUT2D eigenvalue weighted by Crippen LogP contribution is 2.18. The second kappa shape index (κ2) is 5.93. The first-order chi connectivity index (χ1) is 8.66. The van der Waals surface area contributed by atoms with Gasteiger partial charge in [0, 0.05) is 17.8 Å². The summed E-state index contributed by atoms with van der Waals surface area (Å²) in [6, 6.07) is 6.33. The van der Waals surface area contributed by atoms with Gasteiger partial charge in [0.2, 0.25) is 0 Å². The van der Waals surface area contributed by atoms with Gasteiger partial charge in [-0.25, -0.2) is 9.37 Å². The second-order valence-corrected chi connectivity index (χ2v) is 4.93. The second-order valence-electron chi connectivity index (χ2n) is 3.98. The third-order valence-electron chi connectivity index (χ3n) is 2.45. The first-order valence-electron chi connectivity index (χ1n) is 5.74. The molecule has 0 radical (unpaired) electrons. The Labute approximate surface area is 109 Å². The third kappa shape index (κ3) is 3.27. The Hall–Kier alpha value is -1.46. The number of nitrogens with zero attached hydrogens (tertiary/aromatic N) is 1. The summed E-state index contributed by atoms with van der Waals surface area (Å²) in [6.45, 7) is 2.31. The largest absolute Gasteiger partial charge is 0.490 e. The molecule has 0 saturated carbocycles. The molecule has 2 N–H and O–H groups in total. The predicted molar refractivity (Wildman–Crippen MR) is 70.3 cm³/mol. The van der Waals surface area contributed by atoms with Crippen LogP contribution < -0.4 is 10.5 Å². The third-order valence-corrected chi connectivity index (χ3v) is 3.37. The first-order valence-corrected chi connectivity index (χ1v) is 6.62. The van der Waals surface area contributed by atoms with Crippen LogP contribution in [0.15, 0.2) is 29.6 Å². The fourth-order valence-corrected chi connectivity index (χ4v) is 2.34. The topological polar surface area (TPSA) is 48.1 Å². The number of nitrogens with two attached hydrogens (primary N) is 1.